The molecule has 0 aliphatic heterocycles. The smallest absolute Gasteiger partial charge is 0.135 e. The van der Waals surface area contributed by atoms with Crippen molar-refractivity contribution in [2.45, 2.75) is 6.61 Å². The van der Waals surface area contributed by atoms with Crippen LogP contribution in [0.4, 0.5) is 0 Å². The molecule has 0 saturated carbocycles. The monoisotopic (exact) mass is 284 g/mol. The van der Waals surface area contributed by atoms with Crippen molar-refractivity contribution in [1.29, 1.82) is 0 Å². The number of benzene rings is 3. The molecule has 0 bridgehead atoms. The highest BCUT2D eigenvalue weighted by atomic mass is 35.5. The maximum absolute atomic E-state index is 9.38. The zero-order chi connectivity index (χ0) is 13.9. The van der Waals surface area contributed by atoms with Crippen molar-refractivity contribution in [3.63, 3.8) is 0 Å². The van der Waals surface area contributed by atoms with E-state index in [-0.39, 0.29) is 6.61 Å². The molecule has 3 aromatic rings. The van der Waals surface area contributed by atoms with E-state index < -0.39 is 0 Å². The third-order valence-corrected chi connectivity index (χ3v) is 3.40. The van der Waals surface area contributed by atoms with Crippen molar-refractivity contribution in [2.75, 3.05) is 0 Å². The van der Waals surface area contributed by atoms with Crippen LogP contribution in [0.25, 0.3) is 10.8 Å². The van der Waals surface area contributed by atoms with Crippen LogP contribution in [0.2, 0.25) is 5.02 Å². The summed E-state index contributed by atoms with van der Waals surface area (Å²) in [5, 5.41) is 12.1. The van der Waals surface area contributed by atoms with E-state index in [1.807, 2.05) is 42.5 Å². The van der Waals surface area contributed by atoms with Gasteiger partial charge in [-0.15, -0.1) is 0 Å². The summed E-state index contributed by atoms with van der Waals surface area (Å²) in [6.45, 7) is -0.0860. The molecule has 3 aromatic carbocycles. The van der Waals surface area contributed by atoms with Crippen LogP contribution in [0.15, 0.2) is 60.7 Å². The highest BCUT2D eigenvalue weighted by Crippen LogP contribution is 2.33. The number of aliphatic hydroxyl groups is 1. The van der Waals surface area contributed by atoms with Crippen LogP contribution in [0.5, 0.6) is 11.5 Å². The van der Waals surface area contributed by atoms with Crippen LogP contribution in [-0.2, 0) is 6.61 Å². The normalized spacial score (nSPS) is 10.7. The topological polar surface area (TPSA) is 29.5 Å². The Morgan fingerprint density at radius 2 is 1.70 bits per heavy atom. The Hall–Kier alpha value is -2.03. The lowest BCUT2D eigenvalue weighted by molar-refractivity contribution is 0.276. The molecule has 0 aromatic heterocycles. The van der Waals surface area contributed by atoms with Crippen molar-refractivity contribution >= 4 is 22.4 Å². The molecule has 20 heavy (non-hydrogen) atoms. The van der Waals surface area contributed by atoms with E-state index >= 15 is 0 Å². The zero-order valence-electron chi connectivity index (χ0n) is 10.7. The average molecular weight is 285 g/mol. The predicted octanol–water partition coefficient (Wildman–Crippen LogP) is 4.78. The Bertz CT molecular complexity index is 748. The first-order valence-electron chi connectivity index (χ1n) is 6.33. The Labute approximate surface area is 122 Å². The van der Waals surface area contributed by atoms with Gasteiger partial charge in [0.1, 0.15) is 11.5 Å². The Morgan fingerprint density at radius 3 is 2.55 bits per heavy atom. The summed E-state index contributed by atoms with van der Waals surface area (Å²) in [5.74, 6) is 1.33. The molecular formula is C17H13ClO2. The Kier molecular flexibility index (Phi) is 3.59. The Balaban J connectivity index is 2.07. The molecule has 0 unspecified atom stereocenters. The SMILES string of the molecule is OCc1ccc(Cl)cc1Oc1cccc2ccccc12. The fourth-order valence-electron chi connectivity index (χ4n) is 2.16. The quantitative estimate of drug-likeness (QED) is 0.750. The van der Waals surface area contributed by atoms with E-state index in [0.717, 1.165) is 16.5 Å². The molecule has 0 radical (unpaired) electrons. The number of halogens is 1. The number of aliphatic hydroxyl groups excluding tert-OH is 1. The molecule has 0 heterocycles. The third-order valence-electron chi connectivity index (χ3n) is 3.17. The number of ether oxygens (including phenoxy) is 1. The van der Waals surface area contributed by atoms with Gasteiger partial charge < -0.3 is 9.84 Å². The summed E-state index contributed by atoms with van der Waals surface area (Å²) >= 11 is 6.00. The molecule has 2 nitrogen and oxygen atoms in total. The number of rotatable bonds is 3. The van der Waals surface area contributed by atoms with Crippen LogP contribution in [0.1, 0.15) is 5.56 Å². The summed E-state index contributed by atoms with van der Waals surface area (Å²) in [7, 11) is 0. The van der Waals surface area contributed by atoms with Gasteiger partial charge in [0, 0.05) is 16.0 Å². The van der Waals surface area contributed by atoms with Gasteiger partial charge in [0.05, 0.1) is 6.61 Å². The third kappa shape index (κ3) is 2.48. The highest BCUT2D eigenvalue weighted by Gasteiger charge is 2.07. The van der Waals surface area contributed by atoms with Gasteiger partial charge in [-0.05, 0) is 23.6 Å². The van der Waals surface area contributed by atoms with Gasteiger partial charge in [0.15, 0.2) is 0 Å². The van der Waals surface area contributed by atoms with Crippen molar-refractivity contribution in [1.82, 2.24) is 0 Å². The molecule has 0 amide bonds. The second-order valence-electron chi connectivity index (χ2n) is 4.49. The van der Waals surface area contributed by atoms with E-state index in [4.69, 9.17) is 16.3 Å². The minimum atomic E-state index is -0.0860. The van der Waals surface area contributed by atoms with Crippen molar-refractivity contribution < 1.29 is 9.84 Å². The second kappa shape index (κ2) is 5.53. The van der Waals surface area contributed by atoms with E-state index in [1.54, 1.807) is 18.2 Å². The van der Waals surface area contributed by atoms with Crippen molar-refractivity contribution in [3.05, 3.63) is 71.2 Å². The summed E-state index contributed by atoms with van der Waals surface area (Å²) < 4.78 is 5.95. The van der Waals surface area contributed by atoms with Gasteiger partial charge >= 0.3 is 0 Å². The lowest BCUT2D eigenvalue weighted by atomic mass is 10.1. The average Bonchev–Trinajstić information content (AvgIpc) is 2.48. The van der Waals surface area contributed by atoms with Gasteiger partial charge in [0.2, 0.25) is 0 Å². The first-order valence-corrected chi connectivity index (χ1v) is 6.70. The zero-order valence-corrected chi connectivity index (χ0v) is 11.5. The largest absolute Gasteiger partial charge is 0.456 e. The molecule has 0 atom stereocenters. The van der Waals surface area contributed by atoms with Crippen molar-refractivity contribution in [3.8, 4) is 11.5 Å². The summed E-state index contributed by atoms with van der Waals surface area (Å²) in [6.07, 6.45) is 0. The molecule has 0 fully saturated rings. The molecule has 0 saturated heterocycles. The Morgan fingerprint density at radius 1 is 0.900 bits per heavy atom. The minimum absolute atomic E-state index is 0.0860. The predicted molar refractivity (Wildman–Crippen MR) is 81.4 cm³/mol. The van der Waals surface area contributed by atoms with E-state index in [2.05, 4.69) is 0 Å². The lowest BCUT2D eigenvalue weighted by Gasteiger charge is -2.12. The van der Waals surface area contributed by atoms with Crippen LogP contribution in [0, 0.1) is 0 Å². The summed E-state index contributed by atoms with van der Waals surface area (Å²) in [4.78, 5) is 0. The molecule has 1 N–H and O–H groups in total. The molecule has 0 aliphatic carbocycles. The van der Waals surface area contributed by atoms with Gasteiger partial charge in [0.25, 0.3) is 0 Å². The first kappa shape index (κ1) is 13.0. The molecular weight excluding hydrogens is 272 g/mol. The fourth-order valence-corrected chi connectivity index (χ4v) is 2.32. The van der Waals surface area contributed by atoms with Crippen LogP contribution in [-0.4, -0.2) is 5.11 Å². The van der Waals surface area contributed by atoms with Crippen LogP contribution < -0.4 is 4.74 Å². The van der Waals surface area contributed by atoms with Gasteiger partial charge in [-0.2, -0.15) is 0 Å². The van der Waals surface area contributed by atoms with E-state index in [0.29, 0.717) is 16.3 Å². The van der Waals surface area contributed by atoms with Crippen LogP contribution >= 0.6 is 11.6 Å². The fraction of sp³-hybridized carbons (Fsp3) is 0.0588. The van der Waals surface area contributed by atoms with Crippen molar-refractivity contribution in [2.24, 2.45) is 0 Å². The second-order valence-corrected chi connectivity index (χ2v) is 4.93. The summed E-state index contributed by atoms with van der Waals surface area (Å²) in [6, 6.07) is 19.1. The molecule has 0 spiro atoms. The number of hydrogen-bond acceptors (Lipinski definition) is 2. The molecule has 3 heteroatoms. The molecule has 3 rings (SSSR count). The van der Waals surface area contributed by atoms with E-state index in [1.165, 1.54) is 0 Å². The molecule has 100 valence electrons. The number of hydrogen-bond donors (Lipinski definition) is 1. The maximum Gasteiger partial charge on any atom is 0.135 e. The van der Waals surface area contributed by atoms with E-state index in [9.17, 15) is 5.11 Å². The van der Waals surface area contributed by atoms with Crippen LogP contribution in [0.3, 0.4) is 0 Å². The lowest BCUT2D eigenvalue weighted by Crippen LogP contribution is -1.92. The minimum Gasteiger partial charge on any atom is -0.456 e. The number of fused-ring (bicyclic) bond motifs is 1. The maximum atomic E-state index is 9.38. The van der Waals surface area contributed by atoms with Gasteiger partial charge in [-0.25, -0.2) is 0 Å². The summed E-state index contributed by atoms with van der Waals surface area (Å²) in [5.41, 5.74) is 0.710. The van der Waals surface area contributed by atoms with Gasteiger partial charge in [-0.1, -0.05) is 54.1 Å². The first-order chi connectivity index (χ1) is 9.78. The van der Waals surface area contributed by atoms with Gasteiger partial charge in [-0.3, -0.25) is 0 Å². The highest BCUT2D eigenvalue weighted by molar-refractivity contribution is 6.30. The molecule has 0 aliphatic rings. The standard InChI is InChI=1S/C17H13ClO2/c18-14-9-8-13(11-19)17(10-14)20-16-7-3-5-12-4-1-2-6-15(12)16/h1-10,19H,11H2.